The molecule has 0 unspecified atom stereocenters. The number of nitrogens with zero attached hydrogens (tertiary/aromatic N) is 3. The first-order valence-corrected chi connectivity index (χ1v) is 4.60. The molecule has 0 saturated carbocycles. The van der Waals surface area contributed by atoms with E-state index < -0.39 is 5.91 Å². The maximum absolute atomic E-state index is 11.5. The third-order valence-electron chi connectivity index (χ3n) is 1.82. The molecule has 0 aliphatic heterocycles. The van der Waals surface area contributed by atoms with E-state index in [2.05, 4.69) is 15.3 Å². The minimum Gasteiger partial charge on any atom is -0.349 e. The molecule has 6 nitrogen and oxygen atoms in total. The molecule has 0 aliphatic carbocycles. The Kier molecular flexibility index (Phi) is 4.56. The lowest BCUT2D eigenvalue weighted by molar-refractivity contribution is -0.119. The first kappa shape index (κ1) is 11.7. The molecule has 0 spiro atoms. The number of benzene rings is 1. The Morgan fingerprint density at radius 1 is 1.31 bits per heavy atom. The first-order chi connectivity index (χ1) is 7.74. The number of carbonyl (C=O) groups is 2. The Morgan fingerprint density at radius 2 is 2.00 bits per heavy atom. The number of ketones is 1. The summed E-state index contributed by atoms with van der Waals surface area (Å²) in [5.41, 5.74) is 8.52. The highest BCUT2D eigenvalue weighted by atomic mass is 16.2. The van der Waals surface area contributed by atoms with E-state index in [4.69, 9.17) is 5.53 Å². The Balaban J connectivity index is 2.42. The van der Waals surface area contributed by atoms with Crippen molar-refractivity contribution in [1.29, 1.82) is 0 Å². The van der Waals surface area contributed by atoms with Crippen LogP contribution in [0.3, 0.4) is 0 Å². The summed E-state index contributed by atoms with van der Waals surface area (Å²) in [5, 5.41) is 5.44. The topological polar surface area (TPSA) is 94.9 Å². The number of hydrogen-bond donors (Lipinski definition) is 1. The van der Waals surface area contributed by atoms with Gasteiger partial charge in [0, 0.05) is 10.5 Å². The number of hydrogen-bond acceptors (Lipinski definition) is 3. The molecule has 1 aromatic carbocycles. The summed E-state index contributed by atoms with van der Waals surface area (Å²) in [6.45, 7) is -0.387. The quantitative estimate of drug-likeness (QED) is 0.349. The van der Waals surface area contributed by atoms with Crippen LogP contribution >= 0.6 is 0 Å². The average molecular weight is 218 g/mol. The SMILES string of the molecule is [N-]=[N+]=NCC(=O)NCC(=O)c1ccccc1. The molecule has 1 amide bonds. The van der Waals surface area contributed by atoms with Crippen LogP contribution in [0.1, 0.15) is 10.4 Å². The molecule has 16 heavy (non-hydrogen) atoms. The molecule has 0 fully saturated rings. The van der Waals surface area contributed by atoms with E-state index in [0.29, 0.717) is 5.56 Å². The Hall–Kier alpha value is -2.33. The maximum Gasteiger partial charge on any atom is 0.226 e. The first-order valence-electron chi connectivity index (χ1n) is 4.60. The van der Waals surface area contributed by atoms with Gasteiger partial charge in [0.1, 0.15) is 6.54 Å². The molecule has 82 valence electrons. The minimum atomic E-state index is -0.470. The second kappa shape index (κ2) is 6.21. The molecular formula is C10H10N4O2. The van der Waals surface area contributed by atoms with E-state index in [1.54, 1.807) is 30.3 Å². The van der Waals surface area contributed by atoms with Crippen molar-refractivity contribution in [3.63, 3.8) is 0 Å². The van der Waals surface area contributed by atoms with Gasteiger partial charge in [0.25, 0.3) is 0 Å². The molecule has 1 aromatic rings. The number of carbonyl (C=O) groups excluding carboxylic acids is 2. The molecule has 1 N–H and O–H groups in total. The summed E-state index contributed by atoms with van der Waals surface area (Å²) in [7, 11) is 0. The van der Waals surface area contributed by atoms with Crippen molar-refractivity contribution in [1.82, 2.24) is 5.32 Å². The highest BCUT2D eigenvalue weighted by Crippen LogP contribution is 1.98. The third kappa shape index (κ3) is 3.81. The normalized spacial score (nSPS) is 9.00. The number of rotatable bonds is 5. The summed E-state index contributed by atoms with van der Waals surface area (Å²) in [6.07, 6.45) is 0. The molecule has 1 rings (SSSR count). The standard InChI is InChI=1S/C10H10N4O2/c11-14-13-7-10(16)12-6-9(15)8-4-2-1-3-5-8/h1-5H,6-7H2,(H,12,16). The predicted octanol–water partition coefficient (Wildman–Crippen LogP) is 1.30. The molecule has 0 heterocycles. The molecule has 0 atom stereocenters. The minimum absolute atomic E-state index is 0.0935. The fraction of sp³-hybridized carbons (Fsp3) is 0.200. The molecular weight excluding hydrogens is 208 g/mol. The molecule has 0 radical (unpaired) electrons. The molecule has 0 aromatic heterocycles. The lowest BCUT2D eigenvalue weighted by atomic mass is 10.1. The van der Waals surface area contributed by atoms with E-state index in [9.17, 15) is 9.59 Å². The van der Waals surface area contributed by atoms with Crippen molar-refractivity contribution >= 4 is 11.7 Å². The number of azide groups is 1. The summed E-state index contributed by atoms with van der Waals surface area (Å²) in [4.78, 5) is 25.0. The lowest BCUT2D eigenvalue weighted by Crippen LogP contribution is -2.31. The number of amides is 1. The van der Waals surface area contributed by atoms with Gasteiger partial charge in [-0.3, -0.25) is 9.59 Å². The van der Waals surface area contributed by atoms with Crippen LogP contribution in [0, 0.1) is 0 Å². The van der Waals surface area contributed by atoms with E-state index >= 15 is 0 Å². The van der Waals surface area contributed by atoms with Gasteiger partial charge in [0.15, 0.2) is 5.78 Å². The zero-order valence-electron chi connectivity index (χ0n) is 8.46. The zero-order valence-corrected chi connectivity index (χ0v) is 8.46. The molecule has 0 bridgehead atoms. The monoisotopic (exact) mass is 218 g/mol. The zero-order chi connectivity index (χ0) is 11.8. The van der Waals surface area contributed by atoms with Crippen LogP contribution in [0.4, 0.5) is 0 Å². The second-order valence-electron chi connectivity index (χ2n) is 2.95. The van der Waals surface area contributed by atoms with Gasteiger partial charge < -0.3 is 5.32 Å². The Labute approximate surface area is 91.9 Å². The van der Waals surface area contributed by atoms with Gasteiger partial charge in [0.2, 0.25) is 5.91 Å². The van der Waals surface area contributed by atoms with E-state index in [-0.39, 0.29) is 18.9 Å². The summed E-state index contributed by atoms with van der Waals surface area (Å²) in [6, 6.07) is 8.63. The van der Waals surface area contributed by atoms with Crippen LogP contribution in [-0.2, 0) is 4.79 Å². The Morgan fingerprint density at radius 3 is 2.62 bits per heavy atom. The van der Waals surface area contributed by atoms with E-state index in [1.165, 1.54) is 0 Å². The van der Waals surface area contributed by atoms with Crippen LogP contribution in [-0.4, -0.2) is 24.8 Å². The molecule has 0 saturated heterocycles. The van der Waals surface area contributed by atoms with Crippen molar-refractivity contribution in [3.05, 3.63) is 46.3 Å². The predicted molar refractivity (Wildman–Crippen MR) is 57.8 cm³/mol. The lowest BCUT2D eigenvalue weighted by Gasteiger charge is -2.02. The van der Waals surface area contributed by atoms with Gasteiger partial charge in [-0.1, -0.05) is 35.4 Å². The van der Waals surface area contributed by atoms with Crippen molar-refractivity contribution in [2.45, 2.75) is 0 Å². The van der Waals surface area contributed by atoms with Gasteiger partial charge in [-0.05, 0) is 5.53 Å². The second-order valence-corrected chi connectivity index (χ2v) is 2.95. The van der Waals surface area contributed by atoms with Gasteiger partial charge in [-0.2, -0.15) is 0 Å². The fourth-order valence-electron chi connectivity index (χ4n) is 1.06. The van der Waals surface area contributed by atoms with Crippen molar-refractivity contribution in [2.24, 2.45) is 5.11 Å². The maximum atomic E-state index is 11.5. The average Bonchev–Trinajstić information content (AvgIpc) is 2.34. The van der Waals surface area contributed by atoms with Gasteiger partial charge >= 0.3 is 0 Å². The van der Waals surface area contributed by atoms with Crippen molar-refractivity contribution in [2.75, 3.05) is 13.1 Å². The van der Waals surface area contributed by atoms with Crippen molar-refractivity contribution < 1.29 is 9.59 Å². The van der Waals surface area contributed by atoms with Crippen LogP contribution in [0.25, 0.3) is 10.4 Å². The van der Waals surface area contributed by atoms with Crippen LogP contribution in [0.15, 0.2) is 35.4 Å². The summed E-state index contributed by atoms with van der Waals surface area (Å²) < 4.78 is 0. The van der Waals surface area contributed by atoms with E-state index in [1.807, 2.05) is 0 Å². The number of Topliss-reactive ketones (excluding diaryl/α,β-unsaturated/α-hetero) is 1. The number of nitrogens with one attached hydrogen (secondary N) is 1. The molecule has 0 aliphatic rings. The van der Waals surface area contributed by atoms with Crippen molar-refractivity contribution in [3.8, 4) is 0 Å². The smallest absolute Gasteiger partial charge is 0.226 e. The summed E-state index contributed by atoms with van der Waals surface area (Å²) in [5.74, 6) is -0.656. The highest BCUT2D eigenvalue weighted by Gasteiger charge is 2.06. The highest BCUT2D eigenvalue weighted by molar-refractivity contribution is 5.99. The van der Waals surface area contributed by atoms with Crippen LogP contribution < -0.4 is 5.32 Å². The fourth-order valence-corrected chi connectivity index (χ4v) is 1.06. The largest absolute Gasteiger partial charge is 0.349 e. The van der Waals surface area contributed by atoms with Crippen LogP contribution in [0.2, 0.25) is 0 Å². The van der Waals surface area contributed by atoms with Crippen LogP contribution in [0.5, 0.6) is 0 Å². The van der Waals surface area contributed by atoms with Gasteiger partial charge in [-0.25, -0.2) is 0 Å². The Bertz CT molecular complexity index is 424. The molecule has 6 heteroatoms. The van der Waals surface area contributed by atoms with Gasteiger partial charge in [0.05, 0.1) is 6.54 Å². The third-order valence-corrected chi connectivity index (χ3v) is 1.82. The van der Waals surface area contributed by atoms with Gasteiger partial charge in [-0.15, -0.1) is 0 Å². The summed E-state index contributed by atoms with van der Waals surface area (Å²) >= 11 is 0. The van der Waals surface area contributed by atoms with E-state index in [0.717, 1.165) is 0 Å².